The van der Waals surface area contributed by atoms with Crippen LogP contribution in [-0.2, 0) is 11.2 Å². The fourth-order valence-electron chi connectivity index (χ4n) is 2.14. The van der Waals surface area contributed by atoms with Crippen LogP contribution in [-0.4, -0.2) is 11.7 Å². The molecule has 2 rings (SSSR count). The number of fused-ring (bicyclic) bond motifs is 1. The molecule has 96 valence electrons. The van der Waals surface area contributed by atoms with E-state index in [2.05, 4.69) is 26.1 Å². The van der Waals surface area contributed by atoms with Crippen molar-refractivity contribution in [1.82, 2.24) is 0 Å². The minimum absolute atomic E-state index is 0.00119. The molecule has 1 N–H and O–H groups in total. The van der Waals surface area contributed by atoms with Crippen LogP contribution in [0.1, 0.15) is 49.5 Å². The van der Waals surface area contributed by atoms with Gasteiger partial charge in [0, 0.05) is 24.1 Å². The van der Waals surface area contributed by atoms with E-state index >= 15 is 0 Å². The Morgan fingerprint density at radius 1 is 1.28 bits per heavy atom. The van der Waals surface area contributed by atoms with E-state index < -0.39 is 0 Å². The van der Waals surface area contributed by atoms with Gasteiger partial charge in [-0.15, -0.1) is 0 Å². The van der Waals surface area contributed by atoms with Crippen molar-refractivity contribution in [3.63, 3.8) is 0 Å². The molecule has 18 heavy (non-hydrogen) atoms. The first-order chi connectivity index (χ1) is 8.35. The van der Waals surface area contributed by atoms with Crippen LogP contribution in [0.5, 0.6) is 0 Å². The summed E-state index contributed by atoms with van der Waals surface area (Å²) in [6, 6.07) is 5.56. The van der Waals surface area contributed by atoms with Crippen LogP contribution in [0.4, 0.5) is 5.69 Å². The van der Waals surface area contributed by atoms with Gasteiger partial charge < -0.3 is 5.32 Å². The van der Waals surface area contributed by atoms with Crippen molar-refractivity contribution < 1.29 is 9.59 Å². The van der Waals surface area contributed by atoms with Gasteiger partial charge in [-0.1, -0.05) is 20.8 Å². The highest BCUT2D eigenvalue weighted by molar-refractivity contribution is 5.99. The molecule has 1 aliphatic heterocycles. The Morgan fingerprint density at radius 3 is 2.67 bits per heavy atom. The normalized spacial score (nSPS) is 14.9. The first-order valence-corrected chi connectivity index (χ1v) is 6.31. The third-order valence-electron chi connectivity index (χ3n) is 3.01. The van der Waals surface area contributed by atoms with Crippen molar-refractivity contribution in [1.29, 1.82) is 0 Å². The van der Waals surface area contributed by atoms with Crippen molar-refractivity contribution in [3.8, 4) is 0 Å². The summed E-state index contributed by atoms with van der Waals surface area (Å²) in [6.07, 6.45) is 1.76. The number of hydrogen-bond acceptors (Lipinski definition) is 2. The van der Waals surface area contributed by atoms with Gasteiger partial charge in [0.25, 0.3) is 0 Å². The zero-order chi connectivity index (χ0) is 13.3. The summed E-state index contributed by atoms with van der Waals surface area (Å²) >= 11 is 0. The van der Waals surface area contributed by atoms with Crippen LogP contribution in [0.25, 0.3) is 0 Å². The van der Waals surface area contributed by atoms with Gasteiger partial charge in [0.1, 0.15) is 0 Å². The number of nitrogens with one attached hydrogen (secondary N) is 1. The van der Waals surface area contributed by atoms with E-state index in [0.717, 1.165) is 23.2 Å². The van der Waals surface area contributed by atoms with Crippen LogP contribution in [0, 0.1) is 5.41 Å². The summed E-state index contributed by atoms with van der Waals surface area (Å²) in [5.41, 5.74) is 2.66. The number of Topliss-reactive ketones (excluding diaryl/α,β-unsaturated/α-hetero) is 1. The lowest BCUT2D eigenvalue weighted by Gasteiger charge is -2.19. The van der Waals surface area contributed by atoms with Gasteiger partial charge in [-0.25, -0.2) is 0 Å². The molecule has 3 heteroatoms. The van der Waals surface area contributed by atoms with Gasteiger partial charge in [-0.3, -0.25) is 9.59 Å². The summed E-state index contributed by atoms with van der Waals surface area (Å²) in [6.45, 7) is 6.18. The number of amides is 1. The fourth-order valence-corrected chi connectivity index (χ4v) is 2.14. The SMILES string of the molecule is CC(C)(C)CC(=O)c1ccc2c(c1)CCC(=O)N2. The lowest BCUT2D eigenvalue weighted by atomic mass is 9.87. The standard InChI is InChI=1S/C15H19NO2/c1-15(2,3)9-13(17)11-4-6-12-10(8-11)5-7-14(18)16-12/h4,6,8H,5,7,9H2,1-3H3,(H,16,18). The van der Waals surface area contributed by atoms with Crippen molar-refractivity contribution in [2.75, 3.05) is 5.32 Å². The van der Waals surface area contributed by atoms with E-state index in [4.69, 9.17) is 0 Å². The fraction of sp³-hybridized carbons (Fsp3) is 0.467. The molecule has 0 radical (unpaired) electrons. The molecule has 0 aromatic heterocycles. The predicted octanol–water partition coefficient (Wildman–Crippen LogP) is 3.19. The summed E-state index contributed by atoms with van der Waals surface area (Å²) in [5.74, 6) is 0.221. The van der Waals surface area contributed by atoms with Gasteiger partial charge >= 0.3 is 0 Å². The molecule has 0 fully saturated rings. The van der Waals surface area contributed by atoms with Gasteiger partial charge in [0.15, 0.2) is 5.78 Å². The zero-order valence-corrected chi connectivity index (χ0v) is 11.2. The van der Waals surface area contributed by atoms with E-state index in [1.165, 1.54) is 0 Å². The summed E-state index contributed by atoms with van der Waals surface area (Å²) in [5, 5.41) is 2.82. The van der Waals surface area contributed by atoms with Crippen LogP contribution in [0.3, 0.4) is 0 Å². The highest BCUT2D eigenvalue weighted by atomic mass is 16.1. The van der Waals surface area contributed by atoms with E-state index in [-0.39, 0.29) is 17.1 Å². The highest BCUT2D eigenvalue weighted by Gasteiger charge is 2.20. The summed E-state index contributed by atoms with van der Waals surface area (Å²) in [4.78, 5) is 23.4. The molecule has 1 aromatic carbocycles. The number of hydrogen-bond donors (Lipinski definition) is 1. The average Bonchev–Trinajstić information content (AvgIpc) is 2.26. The second-order valence-corrected chi connectivity index (χ2v) is 6.08. The second-order valence-electron chi connectivity index (χ2n) is 6.08. The molecule has 1 aliphatic rings. The van der Waals surface area contributed by atoms with Gasteiger partial charge in [-0.2, -0.15) is 0 Å². The minimum Gasteiger partial charge on any atom is -0.326 e. The predicted molar refractivity (Wildman–Crippen MR) is 71.8 cm³/mol. The Hall–Kier alpha value is -1.64. The first-order valence-electron chi connectivity index (χ1n) is 6.31. The van der Waals surface area contributed by atoms with Crippen LogP contribution >= 0.6 is 0 Å². The number of anilines is 1. The van der Waals surface area contributed by atoms with E-state index in [1.807, 2.05) is 12.1 Å². The molecular weight excluding hydrogens is 226 g/mol. The lowest BCUT2D eigenvalue weighted by Crippen LogP contribution is -2.19. The van der Waals surface area contributed by atoms with Gasteiger partial charge in [-0.05, 0) is 35.6 Å². The van der Waals surface area contributed by atoms with Crippen molar-refractivity contribution in [3.05, 3.63) is 29.3 Å². The van der Waals surface area contributed by atoms with Crippen molar-refractivity contribution in [2.45, 2.75) is 40.0 Å². The molecule has 0 bridgehead atoms. The molecule has 3 nitrogen and oxygen atoms in total. The molecule has 1 aromatic rings. The number of ketones is 1. The number of rotatable bonds is 2. The topological polar surface area (TPSA) is 46.2 Å². The van der Waals surface area contributed by atoms with Crippen LogP contribution in [0.2, 0.25) is 0 Å². The average molecular weight is 245 g/mol. The highest BCUT2D eigenvalue weighted by Crippen LogP contribution is 2.26. The van der Waals surface area contributed by atoms with E-state index in [0.29, 0.717) is 12.8 Å². The monoisotopic (exact) mass is 245 g/mol. The number of carbonyl (C=O) groups excluding carboxylic acids is 2. The molecule has 0 aliphatic carbocycles. The van der Waals surface area contributed by atoms with Crippen LogP contribution in [0.15, 0.2) is 18.2 Å². The number of benzene rings is 1. The molecule has 1 heterocycles. The number of aryl methyl sites for hydroxylation is 1. The second kappa shape index (κ2) is 4.56. The van der Waals surface area contributed by atoms with Crippen LogP contribution < -0.4 is 5.32 Å². The molecule has 1 amide bonds. The van der Waals surface area contributed by atoms with E-state index in [9.17, 15) is 9.59 Å². The molecule has 0 spiro atoms. The summed E-state index contributed by atoms with van der Waals surface area (Å²) < 4.78 is 0. The third kappa shape index (κ3) is 2.97. The minimum atomic E-state index is 0.00119. The Balaban J connectivity index is 2.21. The van der Waals surface area contributed by atoms with Crippen molar-refractivity contribution >= 4 is 17.4 Å². The maximum atomic E-state index is 12.1. The Morgan fingerprint density at radius 2 is 2.00 bits per heavy atom. The van der Waals surface area contributed by atoms with Gasteiger partial charge in [0.2, 0.25) is 5.91 Å². The Kier molecular flexibility index (Phi) is 3.24. The molecule has 0 saturated heterocycles. The molecule has 0 unspecified atom stereocenters. The van der Waals surface area contributed by atoms with E-state index in [1.54, 1.807) is 6.07 Å². The van der Waals surface area contributed by atoms with Crippen molar-refractivity contribution in [2.24, 2.45) is 5.41 Å². The number of carbonyl (C=O) groups is 2. The maximum absolute atomic E-state index is 12.1. The Labute approximate surface area is 108 Å². The Bertz CT molecular complexity index is 498. The maximum Gasteiger partial charge on any atom is 0.224 e. The smallest absolute Gasteiger partial charge is 0.224 e. The zero-order valence-electron chi connectivity index (χ0n) is 11.2. The lowest BCUT2D eigenvalue weighted by molar-refractivity contribution is -0.116. The quantitative estimate of drug-likeness (QED) is 0.813. The molecule has 0 saturated carbocycles. The molecule has 0 atom stereocenters. The summed E-state index contributed by atoms with van der Waals surface area (Å²) in [7, 11) is 0. The third-order valence-corrected chi connectivity index (χ3v) is 3.01. The first kappa shape index (κ1) is 12.8. The largest absolute Gasteiger partial charge is 0.326 e. The molecular formula is C15H19NO2. The van der Waals surface area contributed by atoms with Gasteiger partial charge in [0.05, 0.1) is 0 Å².